The van der Waals surface area contributed by atoms with Crippen molar-refractivity contribution in [3.05, 3.63) is 137 Å². The van der Waals surface area contributed by atoms with E-state index in [4.69, 9.17) is 28.5 Å². The largest absolute Gasteiger partial charge is 0.497 e. The molecule has 1 fully saturated rings. The fourth-order valence-electron chi connectivity index (χ4n) is 9.93. The molecule has 1 heterocycles. The molecule has 4 aromatic carbocycles. The van der Waals surface area contributed by atoms with Crippen LogP contribution in [0, 0.1) is 34.9 Å². The SMILES string of the molecule is C=CCOC12Oc3ccc(OC(=O)Nc4ccc(OC)cc4OC)cc3C3C(CCCCO)C(CCCCO)C=C(C(=NOC)CC1N(Cc1ccc(F)cc1)C(=O)c1ccc(C#N)cc1)C32. The molecule has 0 spiro atoms. The molecule has 67 heavy (non-hydrogen) atoms. The number of unbranched alkanes of at least 4 members (excludes halogenated alkanes) is 2. The Hall–Kier alpha value is -6.73. The molecule has 3 N–H and O–H groups in total. The molecule has 14 nitrogen and oxygen atoms in total. The van der Waals surface area contributed by atoms with Crippen LogP contribution in [0.2, 0.25) is 0 Å². The number of allylic oxidation sites excluding steroid dienone is 1. The Morgan fingerprint density at radius 1 is 0.955 bits per heavy atom. The zero-order valence-electron chi connectivity index (χ0n) is 38.0. The molecule has 0 bridgehead atoms. The number of ether oxygens (including phenoxy) is 5. The minimum absolute atomic E-state index is 0.0117. The average Bonchev–Trinajstić information content (AvgIpc) is 3.34. The fourth-order valence-corrected chi connectivity index (χ4v) is 9.93. The summed E-state index contributed by atoms with van der Waals surface area (Å²) in [6.07, 6.45) is 7.21. The number of aliphatic hydroxyl groups is 2. The van der Waals surface area contributed by atoms with Crippen LogP contribution in [0.1, 0.15) is 77.9 Å². The van der Waals surface area contributed by atoms with Crippen LogP contribution in [0.4, 0.5) is 14.9 Å². The molecule has 7 rings (SSSR count). The number of oxime groups is 1. The van der Waals surface area contributed by atoms with Crippen molar-refractivity contribution in [1.29, 1.82) is 5.26 Å². The highest BCUT2D eigenvalue weighted by Crippen LogP contribution is 2.62. The van der Waals surface area contributed by atoms with E-state index >= 15 is 4.79 Å². The van der Waals surface area contributed by atoms with E-state index in [1.165, 1.54) is 33.5 Å². The van der Waals surface area contributed by atoms with Gasteiger partial charge in [0.05, 0.1) is 49.8 Å². The summed E-state index contributed by atoms with van der Waals surface area (Å²) in [4.78, 5) is 36.0. The Morgan fingerprint density at radius 3 is 2.36 bits per heavy atom. The van der Waals surface area contributed by atoms with Crippen LogP contribution in [0.5, 0.6) is 23.0 Å². The lowest BCUT2D eigenvalue weighted by molar-refractivity contribution is -0.255. The Morgan fingerprint density at radius 2 is 1.69 bits per heavy atom. The minimum Gasteiger partial charge on any atom is -0.497 e. The quantitative estimate of drug-likeness (QED) is 0.0438. The number of methoxy groups -OCH3 is 2. The summed E-state index contributed by atoms with van der Waals surface area (Å²) < 4.78 is 45.5. The smallest absolute Gasteiger partial charge is 0.417 e. The number of hydrogen-bond acceptors (Lipinski definition) is 12. The molecule has 4 aromatic rings. The zero-order chi connectivity index (χ0) is 47.5. The summed E-state index contributed by atoms with van der Waals surface area (Å²) in [5.41, 5.74) is 3.83. The number of benzene rings is 4. The van der Waals surface area contributed by atoms with Crippen LogP contribution in [0.25, 0.3) is 0 Å². The van der Waals surface area contributed by atoms with Crippen molar-refractivity contribution in [1.82, 2.24) is 4.90 Å². The summed E-state index contributed by atoms with van der Waals surface area (Å²) in [5.74, 6) is -2.05. The number of nitrogens with one attached hydrogen (secondary N) is 1. The highest BCUT2D eigenvalue weighted by Gasteiger charge is 2.65. The van der Waals surface area contributed by atoms with Gasteiger partial charge in [-0.25, -0.2) is 9.18 Å². The molecule has 0 radical (unpaired) electrons. The van der Waals surface area contributed by atoms with Gasteiger partial charge in [0.25, 0.3) is 5.91 Å². The maximum Gasteiger partial charge on any atom is 0.417 e. The number of amides is 2. The van der Waals surface area contributed by atoms with Gasteiger partial charge in [0.15, 0.2) is 0 Å². The lowest BCUT2D eigenvalue weighted by atomic mass is 9.55. The first kappa shape index (κ1) is 48.2. The Kier molecular flexibility index (Phi) is 16.0. The maximum absolute atomic E-state index is 15.2. The number of hydrogen-bond donors (Lipinski definition) is 3. The number of carbonyl (C=O) groups is 2. The number of fused-ring (bicyclic) bond motifs is 2. The van der Waals surface area contributed by atoms with Crippen molar-refractivity contribution in [3.63, 3.8) is 0 Å². The van der Waals surface area contributed by atoms with Gasteiger partial charge in [0.1, 0.15) is 42.0 Å². The van der Waals surface area contributed by atoms with E-state index in [-0.39, 0.29) is 50.4 Å². The van der Waals surface area contributed by atoms with Gasteiger partial charge in [0, 0.05) is 49.3 Å². The molecule has 0 aromatic heterocycles. The van der Waals surface area contributed by atoms with Gasteiger partial charge in [0.2, 0.25) is 5.79 Å². The van der Waals surface area contributed by atoms with Gasteiger partial charge < -0.3 is 43.6 Å². The molecule has 352 valence electrons. The first-order valence-electron chi connectivity index (χ1n) is 22.5. The monoisotopic (exact) mass is 916 g/mol. The van der Waals surface area contributed by atoms with Crippen molar-refractivity contribution in [2.45, 2.75) is 69.2 Å². The highest BCUT2D eigenvalue weighted by atomic mass is 19.1. The second-order valence-electron chi connectivity index (χ2n) is 16.8. The van der Waals surface area contributed by atoms with Gasteiger partial charge in [-0.3, -0.25) is 10.1 Å². The molecular weight excluding hydrogens is 860 g/mol. The van der Waals surface area contributed by atoms with Crippen LogP contribution in [-0.2, 0) is 16.1 Å². The molecule has 3 aliphatic rings. The number of anilines is 1. The molecule has 6 unspecified atom stereocenters. The highest BCUT2D eigenvalue weighted by molar-refractivity contribution is 6.03. The standard InChI is InChI=1S/C52H57FN4O10/c1-5-26-65-52-47(57(32-34-14-18-37(53)19-15-34)50(60)35-16-12-33(31-54)13-17-35)30-44(56-64-4)41-27-36(10-6-8-24-58)40(11-7-9-25-59)48(49(41)52)42-28-39(21-23-45(42)67-52)66-51(61)55-43-22-20-38(62-2)29-46(43)63-3/h5,12-23,27-29,36,40,47-49,58-59H,1,6-11,24-26,30,32H2,2-4H3,(H,55,61). The van der Waals surface area contributed by atoms with Crippen LogP contribution < -0.4 is 24.3 Å². The number of aliphatic hydroxyl groups excluding tert-OH is 2. The first-order valence-corrected chi connectivity index (χ1v) is 22.5. The maximum atomic E-state index is 15.2. The summed E-state index contributed by atoms with van der Waals surface area (Å²) in [6.45, 7) is 4.09. The van der Waals surface area contributed by atoms with Crippen LogP contribution in [-0.4, -0.2) is 85.8 Å². The molecular formula is C52H57FN4O10. The Labute approximate surface area is 390 Å². The Balaban J connectivity index is 1.42. The third-order valence-electron chi connectivity index (χ3n) is 12.9. The normalized spacial score (nSPS) is 21.9. The Bertz CT molecular complexity index is 2490. The predicted molar refractivity (Wildman–Crippen MR) is 249 cm³/mol. The lowest BCUT2D eigenvalue weighted by Crippen LogP contribution is -2.70. The van der Waals surface area contributed by atoms with Crippen molar-refractivity contribution >= 4 is 23.4 Å². The number of rotatable bonds is 20. The summed E-state index contributed by atoms with van der Waals surface area (Å²) in [7, 11) is 4.49. The van der Waals surface area contributed by atoms with E-state index in [1.54, 1.807) is 77.7 Å². The number of nitrogens with zero attached hydrogens (tertiary/aromatic N) is 3. The number of halogens is 1. The molecule has 2 amide bonds. The van der Waals surface area contributed by atoms with Crippen molar-refractivity contribution in [3.8, 4) is 29.1 Å². The van der Waals surface area contributed by atoms with Gasteiger partial charge in [-0.2, -0.15) is 5.26 Å². The number of carbonyl (C=O) groups excluding carboxylic acids is 2. The van der Waals surface area contributed by atoms with Gasteiger partial charge >= 0.3 is 6.09 Å². The van der Waals surface area contributed by atoms with Gasteiger partial charge in [-0.15, -0.1) is 6.58 Å². The summed E-state index contributed by atoms with van der Waals surface area (Å²) in [6, 6.07) is 23.7. The first-order chi connectivity index (χ1) is 32.6. The zero-order valence-corrected chi connectivity index (χ0v) is 38.0. The van der Waals surface area contributed by atoms with Crippen LogP contribution in [0.3, 0.4) is 0 Å². The van der Waals surface area contributed by atoms with E-state index in [0.29, 0.717) is 71.0 Å². The number of nitriles is 1. The summed E-state index contributed by atoms with van der Waals surface area (Å²) in [5, 5.41) is 36.9. The third kappa shape index (κ3) is 10.5. The summed E-state index contributed by atoms with van der Waals surface area (Å²) >= 11 is 0. The fraction of sp³-hybridized carbons (Fsp3) is 0.385. The van der Waals surface area contributed by atoms with E-state index in [2.05, 4.69) is 29.2 Å². The molecule has 15 heteroatoms. The topological polar surface area (TPSA) is 181 Å². The van der Waals surface area contributed by atoms with Gasteiger partial charge in [-0.1, -0.05) is 42.3 Å². The molecule has 1 aliphatic heterocycles. The molecule has 0 saturated heterocycles. The second-order valence-corrected chi connectivity index (χ2v) is 16.8. The average molecular weight is 917 g/mol. The lowest BCUT2D eigenvalue weighted by Gasteiger charge is -2.60. The molecule has 2 aliphatic carbocycles. The minimum atomic E-state index is -1.61. The van der Waals surface area contributed by atoms with Gasteiger partial charge in [-0.05, 0) is 115 Å². The molecule has 1 saturated carbocycles. The predicted octanol–water partition coefficient (Wildman–Crippen LogP) is 8.93. The van der Waals surface area contributed by atoms with Crippen molar-refractivity contribution in [2.75, 3.05) is 46.5 Å². The van der Waals surface area contributed by atoms with E-state index in [9.17, 15) is 24.7 Å². The van der Waals surface area contributed by atoms with Crippen molar-refractivity contribution in [2.24, 2.45) is 22.9 Å². The van der Waals surface area contributed by atoms with E-state index < -0.39 is 41.5 Å². The molecule has 6 atom stereocenters. The van der Waals surface area contributed by atoms with Crippen LogP contribution in [0.15, 0.2) is 114 Å². The van der Waals surface area contributed by atoms with E-state index in [1.807, 2.05) is 6.07 Å². The van der Waals surface area contributed by atoms with Crippen molar-refractivity contribution < 1.29 is 52.7 Å². The van der Waals surface area contributed by atoms with Crippen LogP contribution >= 0.6 is 0 Å². The second kappa shape index (κ2) is 22.2. The van der Waals surface area contributed by atoms with E-state index in [0.717, 1.165) is 24.0 Å². The third-order valence-corrected chi connectivity index (χ3v) is 12.9.